The molecule has 2 aliphatic rings. The van der Waals surface area contributed by atoms with Crippen LogP contribution in [0.2, 0.25) is 0 Å². The maximum Gasteiger partial charge on any atom is 0.237 e. The van der Waals surface area contributed by atoms with Gasteiger partial charge in [-0.25, -0.2) is 0 Å². The molecular formula is C13H24N2O2. The third-order valence-electron chi connectivity index (χ3n) is 3.67. The second-order valence-corrected chi connectivity index (χ2v) is 5.80. The van der Waals surface area contributed by atoms with Crippen LogP contribution in [0.1, 0.15) is 46.0 Å². The van der Waals surface area contributed by atoms with Crippen LogP contribution in [0.5, 0.6) is 0 Å². The van der Waals surface area contributed by atoms with Crippen molar-refractivity contribution >= 4 is 5.91 Å². The lowest BCUT2D eigenvalue weighted by Gasteiger charge is -2.37. The Hall–Kier alpha value is -0.610. The Bertz CT molecular complexity index is 279. The van der Waals surface area contributed by atoms with Gasteiger partial charge >= 0.3 is 0 Å². The Labute approximate surface area is 103 Å². The molecule has 2 rings (SSSR count). The topological polar surface area (TPSA) is 50.4 Å². The number of hydrogen-bond donors (Lipinski definition) is 2. The summed E-state index contributed by atoms with van der Waals surface area (Å²) in [6, 6.07) is 0.406. The van der Waals surface area contributed by atoms with Crippen LogP contribution in [0.15, 0.2) is 0 Å². The molecule has 0 radical (unpaired) electrons. The summed E-state index contributed by atoms with van der Waals surface area (Å²) in [5.74, 6) is 0.173. The number of amides is 1. The highest BCUT2D eigenvalue weighted by Gasteiger charge is 2.31. The van der Waals surface area contributed by atoms with Crippen molar-refractivity contribution in [3.63, 3.8) is 0 Å². The molecule has 2 fully saturated rings. The van der Waals surface area contributed by atoms with Gasteiger partial charge in [-0.1, -0.05) is 0 Å². The van der Waals surface area contributed by atoms with Crippen molar-refractivity contribution < 1.29 is 9.53 Å². The SMILES string of the molecule is CC1(C)CC(NC2CCCCNC2=O)CCO1. The average Bonchev–Trinajstić information content (AvgIpc) is 2.43. The van der Waals surface area contributed by atoms with Crippen molar-refractivity contribution in [2.45, 2.75) is 63.6 Å². The molecule has 0 aromatic rings. The molecule has 1 amide bonds. The van der Waals surface area contributed by atoms with E-state index in [-0.39, 0.29) is 17.6 Å². The second-order valence-electron chi connectivity index (χ2n) is 5.80. The zero-order valence-corrected chi connectivity index (χ0v) is 10.9. The van der Waals surface area contributed by atoms with Gasteiger partial charge < -0.3 is 15.4 Å². The van der Waals surface area contributed by atoms with Gasteiger partial charge in [-0.3, -0.25) is 4.79 Å². The highest BCUT2D eigenvalue weighted by atomic mass is 16.5. The lowest BCUT2D eigenvalue weighted by atomic mass is 9.93. The molecular weight excluding hydrogens is 216 g/mol. The molecule has 0 saturated carbocycles. The molecule has 4 heteroatoms. The summed E-state index contributed by atoms with van der Waals surface area (Å²) in [4.78, 5) is 11.8. The molecule has 17 heavy (non-hydrogen) atoms. The highest BCUT2D eigenvalue weighted by Crippen LogP contribution is 2.24. The van der Waals surface area contributed by atoms with Crippen LogP contribution in [0, 0.1) is 0 Å². The summed E-state index contributed by atoms with van der Waals surface area (Å²) >= 11 is 0. The molecule has 2 aliphatic heterocycles. The minimum absolute atomic E-state index is 0.00333. The van der Waals surface area contributed by atoms with Crippen LogP contribution in [-0.2, 0) is 9.53 Å². The quantitative estimate of drug-likeness (QED) is 0.762. The van der Waals surface area contributed by atoms with E-state index in [1.165, 1.54) is 0 Å². The number of carbonyl (C=O) groups excluding carboxylic acids is 1. The van der Waals surface area contributed by atoms with Crippen molar-refractivity contribution in [1.29, 1.82) is 0 Å². The number of carbonyl (C=O) groups is 1. The largest absolute Gasteiger partial charge is 0.375 e. The molecule has 0 bridgehead atoms. The van der Waals surface area contributed by atoms with E-state index in [2.05, 4.69) is 24.5 Å². The van der Waals surface area contributed by atoms with Gasteiger partial charge in [0, 0.05) is 19.2 Å². The van der Waals surface area contributed by atoms with Gasteiger partial charge in [0.05, 0.1) is 11.6 Å². The van der Waals surface area contributed by atoms with Crippen LogP contribution < -0.4 is 10.6 Å². The van der Waals surface area contributed by atoms with E-state index in [1.54, 1.807) is 0 Å². The van der Waals surface area contributed by atoms with Crippen LogP contribution >= 0.6 is 0 Å². The van der Waals surface area contributed by atoms with Gasteiger partial charge in [-0.2, -0.15) is 0 Å². The Morgan fingerprint density at radius 1 is 1.35 bits per heavy atom. The lowest BCUT2D eigenvalue weighted by Crippen LogP contribution is -2.51. The van der Waals surface area contributed by atoms with Gasteiger partial charge in [-0.15, -0.1) is 0 Å². The summed E-state index contributed by atoms with van der Waals surface area (Å²) in [7, 11) is 0. The molecule has 2 saturated heterocycles. The van der Waals surface area contributed by atoms with E-state index in [1.807, 2.05) is 0 Å². The van der Waals surface area contributed by atoms with Crippen molar-refractivity contribution in [1.82, 2.24) is 10.6 Å². The fourth-order valence-electron chi connectivity index (χ4n) is 2.76. The second kappa shape index (κ2) is 5.36. The predicted octanol–water partition coefficient (Wildman–Crippen LogP) is 1.20. The predicted molar refractivity (Wildman–Crippen MR) is 66.8 cm³/mol. The first kappa shape index (κ1) is 12.8. The maximum atomic E-state index is 11.8. The Morgan fingerprint density at radius 3 is 2.94 bits per heavy atom. The minimum Gasteiger partial charge on any atom is -0.375 e. The number of hydrogen-bond acceptors (Lipinski definition) is 3. The van der Waals surface area contributed by atoms with Gasteiger partial charge in [0.25, 0.3) is 0 Å². The normalized spacial score (nSPS) is 33.9. The van der Waals surface area contributed by atoms with Crippen molar-refractivity contribution in [3.8, 4) is 0 Å². The first-order chi connectivity index (χ1) is 8.07. The van der Waals surface area contributed by atoms with Crippen molar-refractivity contribution in [2.75, 3.05) is 13.2 Å². The molecule has 2 N–H and O–H groups in total. The average molecular weight is 240 g/mol. The number of nitrogens with one attached hydrogen (secondary N) is 2. The fourth-order valence-corrected chi connectivity index (χ4v) is 2.76. The minimum atomic E-state index is -0.0584. The summed E-state index contributed by atoms with van der Waals surface area (Å²) < 4.78 is 5.70. The molecule has 2 unspecified atom stereocenters. The van der Waals surface area contributed by atoms with Gasteiger partial charge in [0.15, 0.2) is 0 Å². The Kier molecular flexibility index (Phi) is 4.05. The lowest BCUT2D eigenvalue weighted by molar-refractivity contribution is -0.123. The summed E-state index contributed by atoms with van der Waals surface area (Å²) in [6.45, 7) is 5.86. The van der Waals surface area contributed by atoms with E-state index >= 15 is 0 Å². The van der Waals surface area contributed by atoms with Crippen LogP contribution in [0.3, 0.4) is 0 Å². The first-order valence-corrected chi connectivity index (χ1v) is 6.74. The molecule has 0 aliphatic carbocycles. The number of rotatable bonds is 2. The van der Waals surface area contributed by atoms with Crippen LogP contribution in [0.25, 0.3) is 0 Å². The molecule has 2 heterocycles. The Morgan fingerprint density at radius 2 is 2.18 bits per heavy atom. The standard InChI is InChI=1S/C13H24N2O2/c1-13(2)9-10(6-8-17-13)15-11-5-3-4-7-14-12(11)16/h10-11,15H,3-9H2,1-2H3,(H,14,16). The number of ether oxygens (including phenoxy) is 1. The van der Waals surface area contributed by atoms with E-state index < -0.39 is 0 Å². The smallest absolute Gasteiger partial charge is 0.237 e. The Balaban J connectivity index is 1.88. The van der Waals surface area contributed by atoms with E-state index in [0.29, 0.717) is 6.04 Å². The summed E-state index contributed by atoms with van der Waals surface area (Å²) in [5.41, 5.74) is -0.0584. The van der Waals surface area contributed by atoms with Gasteiger partial charge in [-0.05, 0) is 46.0 Å². The van der Waals surface area contributed by atoms with Crippen LogP contribution in [-0.4, -0.2) is 36.7 Å². The third-order valence-corrected chi connectivity index (χ3v) is 3.67. The van der Waals surface area contributed by atoms with E-state index in [0.717, 1.165) is 45.3 Å². The first-order valence-electron chi connectivity index (χ1n) is 6.74. The van der Waals surface area contributed by atoms with E-state index in [4.69, 9.17) is 4.74 Å². The van der Waals surface area contributed by atoms with Gasteiger partial charge in [0.1, 0.15) is 0 Å². The molecule has 0 aromatic carbocycles. The van der Waals surface area contributed by atoms with Crippen LogP contribution in [0.4, 0.5) is 0 Å². The van der Waals surface area contributed by atoms with Gasteiger partial charge in [0.2, 0.25) is 5.91 Å². The van der Waals surface area contributed by atoms with E-state index in [9.17, 15) is 4.79 Å². The summed E-state index contributed by atoms with van der Waals surface area (Å²) in [6.07, 6.45) is 5.18. The third kappa shape index (κ3) is 3.68. The zero-order valence-electron chi connectivity index (χ0n) is 10.9. The molecule has 98 valence electrons. The van der Waals surface area contributed by atoms with Crippen molar-refractivity contribution in [2.24, 2.45) is 0 Å². The monoisotopic (exact) mass is 240 g/mol. The van der Waals surface area contributed by atoms with Crippen molar-refractivity contribution in [3.05, 3.63) is 0 Å². The molecule has 0 spiro atoms. The fraction of sp³-hybridized carbons (Fsp3) is 0.923. The summed E-state index contributed by atoms with van der Waals surface area (Å²) in [5, 5.41) is 6.48. The molecule has 0 aromatic heterocycles. The molecule has 4 nitrogen and oxygen atoms in total. The highest BCUT2D eigenvalue weighted by molar-refractivity contribution is 5.81. The molecule has 2 atom stereocenters. The maximum absolute atomic E-state index is 11.8. The zero-order chi connectivity index (χ0) is 12.3.